The van der Waals surface area contributed by atoms with Gasteiger partial charge in [0.05, 0.1) is 7.11 Å². The van der Waals surface area contributed by atoms with Crippen LogP contribution in [0, 0.1) is 5.82 Å². The van der Waals surface area contributed by atoms with Gasteiger partial charge >= 0.3 is 0 Å². The number of ketones is 1. The summed E-state index contributed by atoms with van der Waals surface area (Å²) in [6, 6.07) is 4.04. The number of nitrogens with zero attached hydrogens (tertiary/aromatic N) is 1. The number of carbonyl (C=O) groups excluding carboxylic acids is 2. The summed E-state index contributed by atoms with van der Waals surface area (Å²) in [7, 11) is 4.86. The molecule has 0 atom stereocenters. The van der Waals surface area contributed by atoms with Gasteiger partial charge in [0.25, 0.3) is 0 Å². The number of methoxy groups -OCH3 is 1. The van der Waals surface area contributed by atoms with Crippen molar-refractivity contribution in [2.24, 2.45) is 0 Å². The molecule has 0 aliphatic rings. The molecule has 0 bridgehead atoms. The van der Waals surface area contributed by atoms with Gasteiger partial charge in [-0.25, -0.2) is 4.39 Å². The Kier molecular flexibility index (Phi) is 6.81. The van der Waals surface area contributed by atoms with Crippen LogP contribution in [0.25, 0.3) is 0 Å². The average molecular weight is 296 g/mol. The molecule has 0 radical (unpaired) electrons. The van der Waals surface area contributed by atoms with Crippen LogP contribution in [0.1, 0.15) is 23.2 Å². The van der Waals surface area contributed by atoms with Crippen LogP contribution in [-0.2, 0) is 4.79 Å². The fourth-order valence-electron chi connectivity index (χ4n) is 1.80. The highest BCUT2D eigenvalue weighted by Gasteiger charge is 2.14. The van der Waals surface area contributed by atoms with Crippen molar-refractivity contribution in [3.05, 3.63) is 29.6 Å². The van der Waals surface area contributed by atoms with Crippen LogP contribution in [0.5, 0.6) is 5.75 Å². The van der Waals surface area contributed by atoms with Crippen molar-refractivity contribution in [3.8, 4) is 5.75 Å². The molecule has 1 aromatic rings. The Morgan fingerprint density at radius 1 is 1.33 bits per heavy atom. The van der Waals surface area contributed by atoms with Gasteiger partial charge in [-0.05, 0) is 25.2 Å². The first-order chi connectivity index (χ1) is 9.99. The minimum absolute atomic E-state index is 0.0640. The Bertz CT molecular complexity index is 506. The molecule has 0 aliphatic carbocycles. The van der Waals surface area contributed by atoms with E-state index in [0.717, 1.165) is 6.07 Å². The maximum absolute atomic E-state index is 13.5. The molecular weight excluding hydrogens is 275 g/mol. The highest BCUT2D eigenvalue weighted by molar-refractivity contribution is 5.98. The van der Waals surface area contributed by atoms with Gasteiger partial charge in [0.15, 0.2) is 17.3 Å². The molecular formula is C15H21FN2O3. The van der Waals surface area contributed by atoms with Crippen molar-refractivity contribution in [3.63, 3.8) is 0 Å². The van der Waals surface area contributed by atoms with Crippen LogP contribution < -0.4 is 10.1 Å². The van der Waals surface area contributed by atoms with E-state index in [4.69, 9.17) is 4.74 Å². The van der Waals surface area contributed by atoms with Gasteiger partial charge in [0.1, 0.15) is 0 Å². The number of hydrogen-bond donors (Lipinski definition) is 1. The highest BCUT2D eigenvalue weighted by Crippen LogP contribution is 2.19. The molecule has 5 nitrogen and oxygen atoms in total. The lowest BCUT2D eigenvalue weighted by Crippen LogP contribution is -2.32. The number of amides is 1. The van der Waals surface area contributed by atoms with E-state index in [1.165, 1.54) is 19.2 Å². The number of carbonyl (C=O) groups is 2. The molecule has 116 valence electrons. The first-order valence-corrected chi connectivity index (χ1v) is 6.75. The second-order valence-electron chi connectivity index (χ2n) is 4.69. The van der Waals surface area contributed by atoms with Gasteiger partial charge in [-0.15, -0.1) is 0 Å². The summed E-state index contributed by atoms with van der Waals surface area (Å²) in [5, 5.41) is 2.95. The molecule has 0 aliphatic heterocycles. The lowest BCUT2D eigenvalue weighted by molar-refractivity contribution is -0.129. The van der Waals surface area contributed by atoms with Crippen LogP contribution in [-0.4, -0.2) is 50.9 Å². The van der Waals surface area contributed by atoms with Crippen molar-refractivity contribution < 1.29 is 18.7 Å². The lowest BCUT2D eigenvalue weighted by Gasteiger charge is -2.16. The number of rotatable bonds is 8. The molecule has 21 heavy (non-hydrogen) atoms. The molecule has 1 amide bonds. The van der Waals surface area contributed by atoms with Crippen molar-refractivity contribution in [2.45, 2.75) is 12.8 Å². The predicted octanol–water partition coefficient (Wildman–Crippen LogP) is 1.47. The molecule has 0 heterocycles. The zero-order valence-electron chi connectivity index (χ0n) is 12.6. The van der Waals surface area contributed by atoms with E-state index in [9.17, 15) is 14.0 Å². The van der Waals surface area contributed by atoms with Gasteiger partial charge < -0.3 is 15.0 Å². The summed E-state index contributed by atoms with van der Waals surface area (Å²) in [6.45, 7) is 1.28. The second kappa shape index (κ2) is 8.36. The van der Waals surface area contributed by atoms with E-state index < -0.39 is 5.82 Å². The molecule has 1 N–H and O–H groups in total. The maximum Gasteiger partial charge on any atom is 0.222 e. The van der Waals surface area contributed by atoms with Gasteiger partial charge in [-0.2, -0.15) is 0 Å². The third kappa shape index (κ3) is 5.15. The van der Waals surface area contributed by atoms with Gasteiger partial charge in [0.2, 0.25) is 5.91 Å². The van der Waals surface area contributed by atoms with E-state index in [-0.39, 0.29) is 35.8 Å². The molecule has 1 aromatic carbocycles. The number of ether oxygens (including phenoxy) is 1. The molecule has 0 saturated carbocycles. The summed E-state index contributed by atoms with van der Waals surface area (Å²) < 4.78 is 18.3. The largest absolute Gasteiger partial charge is 0.494 e. The number of halogens is 1. The van der Waals surface area contributed by atoms with E-state index in [0.29, 0.717) is 13.1 Å². The predicted molar refractivity (Wildman–Crippen MR) is 78.1 cm³/mol. The smallest absolute Gasteiger partial charge is 0.222 e. The Labute approximate surface area is 124 Å². The van der Waals surface area contributed by atoms with Crippen molar-refractivity contribution in [1.82, 2.24) is 10.2 Å². The molecule has 0 unspecified atom stereocenters. The minimum Gasteiger partial charge on any atom is -0.494 e. The number of hydrogen-bond acceptors (Lipinski definition) is 4. The number of benzene rings is 1. The third-order valence-electron chi connectivity index (χ3n) is 3.16. The summed E-state index contributed by atoms with van der Waals surface area (Å²) >= 11 is 0. The summed E-state index contributed by atoms with van der Waals surface area (Å²) in [4.78, 5) is 25.3. The summed E-state index contributed by atoms with van der Waals surface area (Å²) in [5.74, 6) is -0.852. The van der Waals surface area contributed by atoms with Crippen LogP contribution in [0.2, 0.25) is 0 Å². The van der Waals surface area contributed by atoms with Gasteiger partial charge in [-0.1, -0.05) is 0 Å². The average Bonchev–Trinajstić information content (AvgIpc) is 2.49. The van der Waals surface area contributed by atoms with Gasteiger partial charge in [-0.3, -0.25) is 9.59 Å². The van der Waals surface area contributed by atoms with Gasteiger partial charge in [0, 0.05) is 38.5 Å². The lowest BCUT2D eigenvalue weighted by atomic mass is 10.1. The topological polar surface area (TPSA) is 58.6 Å². The Hall–Kier alpha value is -1.95. The fourth-order valence-corrected chi connectivity index (χ4v) is 1.80. The second-order valence-corrected chi connectivity index (χ2v) is 4.69. The molecule has 0 saturated heterocycles. The summed E-state index contributed by atoms with van der Waals surface area (Å²) in [6.07, 6.45) is 0.182. The normalized spacial score (nSPS) is 10.3. The highest BCUT2D eigenvalue weighted by atomic mass is 19.1. The maximum atomic E-state index is 13.5. The molecule has 0 fully saturated rings. The first kappa shape index (κ1) is 17.1. The number of Topliss-reactive ketones (excluding diaryl/α,β-unsaturated/α-hetero) is 1. The van der Waals surface area contributed by atoms with Crippen LogP contribution >= 0.6 is 0 Å². The van der Waals surface area contributed by atoms with Crippen LogP contribution in [0.15, 0.2) is 18.2 Å². The first-order valence-electron chi connectivity index (χ1n) is 6.75. The molecule has 6 heteroatoms. The SMILES string of the molecule is CNCCN(C)C(=O)CCC(=O)c1ccc(OC)c(F)c1. The van der Waals surface area contributed by atoms with Crippen LogP contribution in [0.3, 0.4) is 0 Å². The monoisotopic (exact) mass is 296 g/mol. The number of nitrogens with one attached hydrogen (secondary N) is 1. The van der Waals surface area contributed by atoms with Crippen molar-refractivity contribution >= 4 is 11.7 Å². The van der Waals surface area contributed by atoms with Crippen molar-refractivity contribution in [2.75, 3.05) is 34.3 Å². The Morgan fingerprint density at radius 2 is 2.05 bits per heavy atom. The molecule has 0 spiro atoms. The van der Waals surface area contributed by atoms with Crippen LogP contribution in [0.4, 0.5) is 4.39 Å². The molecule has 0 aromatic heterocycles. The van der Waals surface area contributed by atoms with E-state index in [1.807, 2.05) is 0 Å². The summed E-state index contributed by atoms with van der Waals surface area (Å²) in [5.41, 5.74) is 0.249. The number of likely N-dealkylation sites (N-methyl/N-ethyl adjacent to an activating group) is 2. The fraction of sp³-hybridized carbons (Fsp3) is 0.467. The zero-order chi connectivity index (χ0) is 15.8. The zero-order valence-corrected chi connectivity index (χ0v) is 12.6. The quantitative estimate of drug-likeness (QED) is 0.738. The minimum atomic E-state index is -0.583. The van der Waals surface area contributed by atoms with E-state index in [2.05, 4.69) is 5.32 Å². The van der Waals surface area contributed by atoms with Crippen molar-refractivity contribution in [1.29, 1.82) is 0 Å². The standard InChI is InChI=1S/C15H21FN2O3/c1-17-8-9-18(2)15(20)7-5-13(19)11-4-6-14(21-3)12(16)10-11/h4,6,10,17H,5,7-9H2,1-3H3. The Balaban J connectivity index is 2.54. The van der Waals surface area contributed by atoms with E-state index in [1.54, 1.807) is 19.0 Å². The molecule has 1 rings (SSSR count). The van der Waals surface area contributed by atoms with E-state index >= 15 is 0 Å². The third-order valence-corrected chi connectivity index (χ3v) is 3.16. The Morgan fingerprint density at radius 3 is 2.62 bits per heavy atom.